The van der Waals surface area contributed by atoms with E-state index in [9.17, 15) is 38.0 Å². The van der Waals surface area contributed by atoms with Gasteiger partial charge in [0.05, 0.1) is 41.2 Å². The van der Waals surface area contributed by atoms with Gasteiger partial charge in [-0.2, -0.15) is 10.4 Å². The fraction of sp³-hybridized carbons (Fsp3) is 0.434. The molecule has 4 aliphatic heterocycles. The Morgan fingerprint density at radius 1 is 0.958 bits per heavy atom. The van der Waals surface area contributed by atoms with Crippen LogP contribution in [-0.4, -0.2) is 135 Å². The maximum Gasteiger partial charge on any atom is 0.255 e. The van der Waals surface area contributed by atoms with Crippen LogP contribution < -0.4 is 25.2 Å². The number of nitrogens with one attached hydrogen (secondary N) is 2. The summed E-state index contributed by atoms with van der Waals surface area (Å²) in [6, 6.07) is 15.7. The van der Waals surface area contributed by atoms with E-state index >= 15 is 0 Å². The molecule has 0 spiro atoms. The lowest BCUT2D eigenvalue weighted by Crippen LogP contribution is -2.62. The van der Waals surface area contributed by atoms with Gasteiger partial charge in [-0.25, -0.2) is 18.3 Å². The van der Waals surface area contributed by atoms with E-state index in [2.05, 4.69) is 36.5 Å². The van der Waals surface area contributed by atoms with Crippen LogP contribution in [0.5, 0.6) is 5.75 Å². The number of aromatic nitrogens is 3. The monoisotopic (exact) mass is 983 g/mol. The van der Waals surface area contributed by atoms with Crippen LogP contribution in [0.1, 0.15) is 97.6 Å². The number of rotatable bonds is 16. The molecule has 0 radical (unpaired) electrons. The molecule has 17 nitrogen and oxygen atoms in total. The summed E-state index contributed by atoms with van der Waals surface area (Å²) >= 11 is 0. The smallest absolute Gasteiger partial charge is 0.255 e. The first-order chi connectivity index (χ1) is 34.7. The van der Waals surface area contributed by atoms with Crippen LogP contribution in [0.2, 0.25) is 0 Å². The van der Waals surface area contributed by atoms with Crippen molar-refractivity contribution in [3.8, 4) is 22.9 Å². The number of pyridine rings is 2. The molecule has 0 saturated carbocycles. The minimum atomic E-state index is -0.964. The Morgan fingerprint density at radius 2 is 1.75 bits per heavy atom. The molecule has 1 unspecified atom stereocenters. The van der Waals surface area contributed by atoms with Crippen molar-refractivity contribution in [2.75, 3.05) is 68.8 Å². The summed E-state index contributed by atoms with van der Waals surface area (Å²) in [4.78, 5) is 80.3. The number of hydrogen-bond donors (Lipinski definition) is 2. The van der Waals surface area contributed by atoms with Crippen LogP contribution in [0.4, 0.5) is 20.3 Å². The minimum absolute atomic E-state index is 0.0495. The standard InChI is InChI=1S/C53H59F2N11O6/c1-4-72-40-27-42(49-37(28-56)30-58-66(49)32-40)35-8-14-46(57-29-35)63-19-16-53(17-20-63,60-50(69)43-26-38(54)9-12-44(43)55)33-65(34(2)3)48(68)7-5-6-18-61-21-23-62(24-22-61)39-10-11-41-36(25-39)31-64(52(41)71)45-13-15-47(67)59-51(45)70/h8-12,14,25-27,29-30,32,34,45H,4-7,13,15-24,31,33H2,1-3H3,(H,60,69)(H,59,67,70). The molecule has 1 atom stereocenters. The molecule has 9 rings (SSSR count). The van der Waals surface area contributed by atoms with Crippen molar-refractivity contribution >= 4 is 46.6 Å². The molecule has 3 aromatic heterocycles. The molecule has 3 fully saturated rings. The highest BCUT2D eigenvalue weighted by atomic mass is 19.1. The fourth-order valence-electron chi connectivity index (χ4n) is 10.5. The van der Waals surface area contributed by atoms with Gasteiger partial charge in [-0.05, 0) is 120 Å². The van der Waals surface area contributed by atoms with Crippen LogP contribution in [0.15, 0.2) is 73.2 Å². The Bertz CT molecular complexity index is 2920. The average Bonchev–Trinajstić information content (AvgIpc) is 3.95. The van der Waals surface area contributed by atoms with Crippen molar-refractivity contribution in [2.45, 2.75) is 89.9 Å². The molecule has 19 heteroatoms. The van der Waals surface area contributed by atoms with E-state index in [-0.39, 0.29) is 36.7 Å². The number of fused-ring (bicyclic) bond motifs is 2. The Kier molecular flexibility index (Phi) is 14.5. The second kappa shape index (κ2) is 21.1. The first-order valence-electron chi connectivity index (χ1n) is 24.8. The SMILES string of the molecule is CCOc1cc(-c2ccc(N3CCC(CN(C(=O)CCCCN4CCN(c5ccc6c(c5)CN(C5CCC(=O)NC5=O)C6=O)CC4)C(C)C)(NC(=O)c4cc(F)ccc4F)CC3)nc2)c2c(C#N)cnn2c1. The van der Waals surface area contributed by atoms with Crippen molar-refractivity contribution in [3.05, 3.63) is 107 Å². The Hall–Kier alpha value is -7.46. The lowest BCUT2D eigenvalue weighted by molar-refractivity contribution is -0.137. The first kappa shape index (κ1) is 49.5. The van der Waals surface area contributed by atoms with E-state index in [4.69, 9.17) is 9.72 Å². The molecule has 2 aromatic carbocycles. The number of benzene rings is 2. The van der Waals surface area contributed by atoms with Gasteiger partial charge in [0.1, 0.15) is 35.3 Å². The average molecular weight is 984 g/mol. The third kappa shape index (κ3) is 10.5. The molecule has 72 heavy (non-hydrogen) atoms. The highest BCUT2D eigenvalue weighted by Gasteiger charge is 2.41. The molecule has 2 N–H and O–H groups in total. The Balaban J connectivity index is 0.808. The predicted molar refractivity (Wildman–Crippen MR) is 264 cm³/mol. The van der Waals surface area contributed by atoms with Crippen LogP contribution >= 0.6 is 0 Å². The van der Waals surface area contributed by atoms with Crippen molar-refractivity contribution in [3.63, 3.8) is 0 Å². The number of piperidine rings is 2. The second-order valence-corrected chi connectivity index (χ2v) is 19.4. The summed E-state index contributed by atoms with van der Waals surface area (Å²) in [5, 5.41) is 19.6. The first-order valence-corrected chi connectivity index (χ1v) is 24.8. The lowest BCUT2D eigenvalue weighted by atomic mass is 9.85. The molecular weight excluding hydrogens is 925 g/mol. The second-order valence-electron chi connectivity index (χ2n) is 19.4. The van der Waals surface area contributed by atoms with E-state index in [1.807, 2.05) is 57.2 Å². The van der Waals surface area contributed by atoms with E-state index < -0.39 is 40.6 Å². The number of carbonyl (C=O) groups excluding carboxylic acids is 5. The quantitative estimate of drug-likeness (QED) is 0.0908. The summed E-state index contributed by atoms with van der Waals surface area (Å²) in [6.07, 6.45) is 8.08. The maximum atomic E-state index is 15.0. The number of nitrogens with zero attached hydrogens (tertiary/aromatic N) is 9. The largest absolute Gasteiger partial charge is 0.492 e. The van der Waals surface area contributed by atoms with Gasteiger partial charge in [-0.3, -0.25) is 34.2 Å². The van der Waals surface area contributed by atoms with Gasteiger partial charge in [0.25, 0.3) is 11.8 Å². The van der Waals surface area contributed by atoms with Gasteiger partial charge in [-0.1, -0.05) is 0 Å². The number of unbranched alkanes of at least 4 members (excludes halogenated alkanes) is 1. The molecular formula is C53H59F2N11O6. The van der Waals surface area contributed by atoms with Gasteiger partial charge in [-0.15, -0.1) is 0 Å². The number of anilines is 2. The van der Waals surface area contributed by atoms with Crippen LogP contribution in [0.25, 0.3) is 16.6 Å². The molecule has 3 saturated heterocycles. The van der Waals surface area contributed by atoms with Crippen molar-refractivity contribution in [1.82, 2.24) is 39.9 Å². The zero-order valence-electron chi connectivity index (χ0n) is 40.8. The van der Waals surface area contributed by atoms with E-state index in [0.29, 0.717) is 86.6 Å². The number of hydrogen-bond acceptors (Lipinski definition) is 12. The number of piperazine rings is 1. The topological polar surface area (TPSA) is 189 Å². The molecule has 5 amide bonds. The molecule has 376 valence electrons. The summed E-state index contributed by atoms with van der Waals surface area (Å²) in [6.45, 7) is 11.7. The maximum absolute atomic E-state index is 15.0. The highest BCUT2D eigenvalue weighted by molar-refractivity contribution is 6.05. The number of ether oxygens (including phenoxy) is 1. The fourth-order valence-corrected chi connectivity index (χ4v) is 10.5. The van der Waals surface area contributed by atoms with Gasteiger partial charge in [0.15, 0.2) is 0 Å². The predicted octanol–water partition coefficient (Wildman–Crippen LogP) is 5.70. The molecule has 7 heterocycles. The molecule has 5 aromatic rings. The van der Waals surface area contributed by atoms with Crippen LogP contribution in [0, 0.1) is 23.0 Å². The highest BCUT2D eigenvalue weighted by Crippen LogP contribution is 2.35. The van der Waals surface area contributed by atoms with E-state index in [1.54, 1.807) is 26.7 Å². The number of carbonyl (C=O) groups is 5. The van der Waals surface area contributed by atoms with Crippen molar-refractivity contribution < 1.29 is 37.5 Å². The Morgan fingerprint density at radius 3 is 2.46 bits per heavy atom. The molecule has 4 aliphatic rings. The third-order valence-corrected chi connectivity index (χ3v) is 14.4. The third-order valence-electron chi connectivity index (χ3n) is 14.4. The van der Waals surface area contributed by atoms with E-state index in [1.165, 1.54) is 6.20 Å². The van der Waals surface area contributed by atoms with Crippen molar-refractivity contribution in [1.29, 1.82) is 5.26 Å². The number of halogens is 2. The van der Waals surface area contributed by atoms with Crippen LogP contribution in [0.3, 0.4) is 0 Å². The zero-order valence-corrected chi connectivity index (χ0v) is 40.8. The lowest BCUT2D eigenvalue weighted by Gasteiger charge is -2.46. The van der Waals surface area contributed by atoms with Gasteiger partial charge in [0, 0.05) is 99.8 Å². The Labute approximate surface area is 416 Å². The normalized spacial score (nSPS) is 18.0. The number of nitriles is 1. The van der Waals surface area contributed by atoms with Gasteiger partial charge in [0.2, 0.25) is 17.7 Å². The molecule has 0 bridgehead atoms. The van der Waals surface area contributed by atoms with Crippen molar-refractivity contribution in [2.24, 2.45) is 0 Å². The summed E-state index contributed by atoms with van der Waals surface area (Å²) in [5.74, 6) is -2.01. The summed E-state index contributed by atoms with van der Waals surface area (Å²) in [7, 11) is 0. The summed E-state index contributed by atoms with van der Waals surface area (Å²) in [5.41, 5.74) is 3.68. The van der Waals surface area contributed by atoms with Gasteiger partial charge >= 0.3 is 0 Å². The van der Waals surface area contributed by atoms with Crippen LogP contribution in [-0.2, 0) is 20.9 Å². The summed E-state index contributed by atoms with van der Waals surface area (Å²) < 4.78 is 36.8. The zero-order chi connectivity index (χ0) is 50.7. The minimum Gasteiger partial charge on any atom is -0.492 e. The molecule has 0 aliphatic carbocycles. The number of amides is 5. The van der Waals surface area contributed by atoms with Gasteiger partial charge < -0.3 is 29.7 Å². The number of imide groups is 1. The van der Waals surface area contributed by atoms with E-state index in [0.717, 1.165) is 79.7 Å².